The summed E-state index contributed by atoms with van der Waals surface area (Å²) in [5, 5.41) is 2.97. The number of imidazole rings is 1. The topological polar surface area (TPSA) is 56.1 Å². The van der Waals surface area contributed by atoms with Crippen LogP contribution in [-0.2, 0) is 24.2 Å². The van der Waals surface area contributed by atoms with E-state index < -0.39 is 0 Å². The molecule has 0 spiro atoms. The largest absolute Gasteiger partial charge is 0.492 e. The van der Waals surface area contributed by atoms with Crippen LogP contribution in [-0.4, -0.2) is 28.6 Å². The summed E-state index contributed by atoms with van der Waals surface area (Å²) in [6, 6.07) is 26.5. The summed E-state index contributed by atoms with van der Waals surface area (Å²) in [6.07, 6.45) is 8.37. The van der Waals surface area contributed by atoms with Gasteiger partial charge in [0.15, 0.2) is 0 Å². The number of unbranched alkanes of at least 4 members (excludes halogenated alkanes) is 2. The van der Waals surface area contributed by atoms with Crippen molar-refractivity contribution < 1.29 is 9.53 Å². The van der Waals surface area contributed by atoms with Crippen LogP contribution in [0.15, 0.2) is 84.9 Å². The Hall–Kier alpha value is -3.86. The minimum atomic E-state index is -0.0509. The van der Waals surface area contributed by atoms with Crippen molar-refractivity contribution in [3.8, 4) is 5.75 Å². The van der Waals surface area contributed by atoms with Gasteiger partial charge in [0.25, 0.3) is 0 Å². The average Bonchev–Trinajstić information content (AvgIpc) is 3.27. The summed E-state index contributed by atoms with van der Waals surface area (Å²) in [5.74, 6) is 1.94. The lowest BCUT2D eigenvalue weighted by atomic mass is 10.2. The predicted octanol–water partition coefficient (Wildman–Crippen LogP) is 6.22. The summed E-state index contributed by atoms with van der Waals surface area (Å²) >= 11 is 0. The van der Waals surface area contributed by atoms with E-state index in [1.165, 1.54) is 5.56 Å². The number of fused-ring (bicyclic) bond motifs is 1. The van der Waals surface area contributed by atoms with Gasteiger partial charge in [-0.2, -0.15) is 0 Å². The van der Waals surface area contributed by atoms with Crippen molar-refractivity contribution in [1.82, 2.24) is 14.9 Å². The smallest absolute Gasteiger partial charge is 0.243 e. The van der Waals surface area contributed by atoms with Crippen molar-refractivity contribution in [2.75, 3.05) is 13.2 Å². The highest BCUT2D eigenvalue weighted by atomic mass is 16.5. The fraction of sp³-hybridized carbons (Fsp3) is 0.290. The van der Waals surface area contributed by atoms with Gasteiger partial charge in [-0.15, -0.1) is 0 Å². The van der Waals surface area contributed by atoms with Crippen LogP contribution in [0.25, 0.3) is 17.1 Å². The Morgan fingerprint density at radius 2 is 1.72 bits per heavy atom. The first kappa shape index (κ1) is 25.2. The Bertz CT molecular complexity index is 1260. The molecular weight excluding hydrogens is 446 g/mol. The van der Waals surface area contributed by atoms with E-state index in [1.807, 2.05) is 54.6 Å². The van der Waals surface area contributed by atoms with Gasteiger partial charge < -0.3 is 14.6 Å². The molecule has 0 saturated carbocycles. The average molecular weight is 482 g/mol. The highest BCUT2D eigenvalue weighted by molar-refractivity contribution is 5.91. The van der Waals surface area contributed by atoms with Crippen molar-refractivity contribution in [3.63, 3.8) is 0 Å². The summed E-state index contributed by atoms with van der Waals surface area (Å²) in [7, 11) is 0. The Labute approximate surface area is 213 Å². The lowest BCUT2D eigenvalue weighted by molar-refractivity contribution is -0.116. The molecule has 36 heavy (non-hydrogen) atoms. The number of hydrogen-bond donors (Lipinski definition) is 1. The van der Waals surface area contributed by atoms with E-state index in [1.54, 1.807) is 6.08 Å². The molecule has 1 amide bonds. The number of para-hydroxylation sites is 2. The molecule has 0 saturated heterocycles. The van der Waals surface area contributed by atoms with E-state index in [-0.39, 0.29) is 5.91 Å². The van der Waals surface area contributed by atoms with E-state index in [9.17, 15) is 4.79 Å². The van der Waals surface area contributed by atoms with Gasteiger partial charge in [-0.3, -0.25) is 4.79 Å². The third-order valence-electron chi connectivity index (χ3n) is 6.25. The summed E-state index contributed by atoms with van der Waals surface area (Å²) in [6.45, 7) is 4.19. The predicted molar refractivity (Wildman–Crippen MR) is 147 cm³/mol. The molecule has 0 fully saturated rings. The maximum Gasteiger partial charge on any atom is 0.243 e. The number of rotatable bonds is 13. The lowest BCUT2D eigenvalue weighted by Gasteiger charge is -2.11. The third kappa shape index (κ3) is 7.32. The number of ether oxygens (including phenoxy) is 1. The zero-order valence-corrected chi connectivity index (χ0v) is 21.0. The first-order valence-electron chi connectivity index (χ1n) is 12.9. The molecule has 0 radical (unpaired) electrons. The minimum Gasteiger partial charge on any atom is -0.492 e. The standard InChI is InChI=1S/C31H35N3O2/c1-2-25-16-19-27(20-17-25)36-24-23-34-29-14-9-8-13-28(29)33-30(34)15-7-4-10-22-32-31(35)21-18-26-11-5-3-6-12-26/h3,5-6,8-9,11-14,16-21H,2,4,7,10,15,22-24H2,1H3,(H,32,35)/b21-18+. The minimum absolute atomic E-state index is 0.0509. The first-order valence-corrected chi connectivity index (χ1v) is 12.9. The van der Waals surface area contributed by atoms with Crippen LogP contribution in [0.1, 0.15) is 43.1 Å². The second-order valence-electron chi connectivity index (χ2n) is 8.86. The Morgan fingerprint density at radius 3 is 2.53 bits per heavy atom. The van der Waals surface area contributed by atoms with Crippen LogP contribution in [0.4, 0.5) is 0 Å². The molecule has 0 aliphatic carbocycles. The lowest BCUT2D eigenvalue weighted by Crippen LogP contribution is -2.22. The van der Waals surface area contributed by atoms with Crippen molar-refractivity contribution in [1.29, 1.82) is 0 Å². The number of aromatic nitrogens is 2. The van der Waals surface area contributed by atoms with E-state index >= 15 is 0 Å². The normalized spacial score (nSPS) is 11.2. The maximum absolute atomic E-state index is 12.0. The third-order valence-corrected chi connectivity index (χ3v) is 6.25. The molecule has 1 aromatic heterocycles. The SMILES string of the molecule is CCc1ccc(OCCn2c(CCCCCNC(=O)/C=C/c3ccccc3)nc3ccccc32)cc1. The monoisotopic (exact) mass is 481 g/mol. The fourth-order valence-electron chi connectivity index (χ4n) is 4.23. The van der Waals surface area contributed by atoms with Gasteiger partial charge in [-0.25, -0.2) is 4.98 Å². The first-order chi connectivity index (χ1) is 17.7. The molecule has 5 heteroatoms. The number of amides is 1. The van der Waals surface area contributed by atoms with Gasteiger partial charge in [0, 0.05) is 19.0 Å². The summed E-state index contributed by atoms with van der Waals surface area (Å²) in [4.78, 5) is 16.9. The number of nitrogens with one attached hydrogen (secondary N) is 1. The van der Waals surface area contributed by atoms with E-state index in [0.29, 0.717) is 13.2 Å². The summed E-state index contributed by atoms with van der Waals surface area (Å²) < 4.78 is 8.30. The second kappa shape index (κ2) is 13.3. The van der Waals surface area contributed by atoms with E-state index in [2.05, 4.69) is 47.1 Å². The zero-order valence-electron chi connectivity index (χ0n) is 21.0. The maximum atomic E-state index is 12.0. The highest BCUT2D eigenvalue weighted by Crippen LogP contribution is 2.19. The molecule has 1 heterocycles. The summed E-state index contributed by atoms with van der Waals surface area (Å²) in [5.41, 5.74) is 4.51. The quantitative estimate of drug-likeness (QED) is 0.182. The number of hydrogen-bond acceptors (Lipinski definition) is 3. The molecule has 3 aromatic carbocycles. The van der Waals surface area contributed by atoms with Gasteiger partial charge in [-0.1, -0.05) is 67.9 Å². The number of carbonyl (C=O) groups excluding carboxylic acids is 1. The molecule has 0 aliphatic heterocycles. The van der Waals surface area contributed by atoms with Gasteiger partial charge in [-0.05, 0) is 60.7 Å². The Morgan fingerprint density at radius 1 is 0.944 bits per heavy atom. The van der Waals surface area contributed by atoms with Gasteiger partial charge in [0.05, 0.1) is 17.6 Å². The van der Waals surface area contributed by atoms with Crippen LogP contribution in [0, 0.1) is 0 Å². The Balaban J connectivity index is 1.23. The van der Waals surface area contributed by atoms with Gasteiger partial charge in [0.1, 0.15) is 18.2 Å². The van der Waals surface area contributed by atoms with Crippen molar-refractivity contribution in [3.05, 3.63) is 102 Å². The molecular formula is C31H35N3O2. The molecule has 0 atom stereocenters. The molecule has 1 N–H and O–H groups in total. The molecule has 186 valence electrons. The van der Waals surface area contributed by atoms with Gasteiger partial charge in [0.2, 0.25) is 5.91 Å². The van der Waals surface area contributed by atoms with E-state index in [0.717, 1.165) is 66.8 Å². The molecule has 4 rings (SSSR count). The highest BCUT2D eigenvalue weighted by Gasteiger charge is 2.10. The van der Waals surface area contributed by atoms with Crippen LogP contribution in [0.5, 0.6) is 5.75 Å². The van der Waals surface area contributed by atoms with Gasteiger partial charge >= 0.3 is 0 Å². The molecule has 0 bridgehead atoms. The van der Waals surface area contributed by atoms with Crippen LogP contribution in [0.2, 0.25) is 0 Å². The fourth-order valence-corrected chi connectivity index (χ4v) is 4.23. The van der Waals surface area contributed by atoms with Crippen molar-refractivity contribution in [2.24, 2.45) is 0 Å². The molecule has 5 nitrogen and oxygen atoms in total. The zero-order chi connectivity index (χ0) is 25.0. The molecule has 0 aliphatic rings. The second-order valence-corrected chi connectivity index (χ2v) is 8.86. The number of carbonyl (C=O) groups is 1. The van der Waals surface area contributed by atoms with Crippen molar-refractivity contribution in [2.45, 2.75) is 45.6 Å². The number of aryl methyl sites for hydroxylation is 2. The van der Waals surface area contributed by atoms with Crippen molar-refractivity contribution >= 4 is 23.0 Å². The van der Waals surface area contributed by atoms with Crippen LogP contribution >= 0.6 is 0 Å². The number of nitrogens with zero attached hydrogens (tertiary/aromatic N) is 2. The van der Waals surface area contributed by atoms with E-state index in [4.69, 9.17) is 9.72 Å². The van der Waals surface area contributed by atoms with Crippen LogP contribution in [0.3, 0.4) is 0 Å². The van der Waals surface area contributed by atoms with Crippen LogP contribution < -0.4 is 10.1 Å². The Kier molecular flexibility index (Phi) is 9.32. The number of benzene rings is 3. The molecule has 0 unspecified atom stereocenters. The molecule has 4 aromatic rings.